The van der Waals surface area contributed by atoms with Gasteiger partial charge in [-0.1, -0.05) is 147 Å². The molecule has 0 saturated heterocycles. The second-order valence-corrected chi connectivity index (χ2v) is 14.1. The van der Waals surface area contributed by atoms with Crippen LogP contribution in [0.3, 0.4) is 0 Å². The van der Waals surface area contributed by atoms with E-state index in [-0.39, 0.29) is 5.41 Å². The van der Waals surface area contributed by atoms with E-state index < -0.39 is 0 Å². The monoisotopic (exact) mass is 653 g/mol. The highest BCUT2D eigenvalue weighted by molar-refractivity contribution is 6.20. The van der Waals surface area contributed by atoms with E-state index in [0.717, 1.165) is 50.1 Å². The second kappa shape index (κ2) is 11.3. The van der Waals surface area contributed by atoms with Gasteiger partial charge in [0.15, 0.2) is 5.58 Å². The van der Waals surface area contributed by atoms with E-state index in [1.165, 1.54) is 44.2 Å². The average Bonchev–Trinajstić information content (AvgIpc) is 3.67. The van der Waals surface area contributed by atoms with E-state index in [1.807, 2.05) is 0 Å². The van der Waals surface area contributed by atoms with Gasteiger partial charge in [0.05, 0.1) is 5.69 Å². The Morgan fingerprint density at radius 2 is 1.04 bits per heavy atom. The van der Waals surface area contributed by atoms with Crippen LogP contribution in [0.15, 0.2) is 180 Å². The number of hydrogen-bond donors (Lipinski definition) is 0. The molecule has 2 heteroatoms. The molecule has 1 aliphatic carbocycles. The lowest BCUT2D eigenvalue weighted by molar-refractivity contribution is 0.660. The summed E-state index contributed by atoms with van der Waals surface area (Å²) in [7, 11) is 0. The van der Waals surface area contributed by atoms with Crippen molar-refractivity contribution < 1.29 is 4.42 Å². The van der Waals surface area contributed by atoms with E-state index in [0.29, 0.717) is 0 Å². The quantitative estimate of drug-likeness (QED) is 0.184. The van der Waals surface area contributed by atoms with E-state index >= 15 is 0 Å². The smallest absolute Gasteiger partial charge is 0.159 e. The molecule has 1 heterocycles. The van der Waals surface area contributed by atoms with Gasteiger partial charge in [-0.15, -0.1) is 0 Å². The van der Waals surface area contributed by atoms with Gasteiger partial charge in [0, 0.05) is 33.1 Å². The predicted molar refractivity (Wildman–Crippen MR) is 214 cm³/mol. The number of nitrogens with zero attached hydrogens (tertiary/aromatic N) is 1. The molecule has 1 aliphatic rings. The maximum Gasteiger partial charge on any atom is 0.159 e. The Hall–Kier alpha value is -6.38. The molecule has 0 amide bonds. The molecule has 2 nitrogen and oxygen atoms in total. The van der Waals surface area contributed by atoms with E-state index in [4.69, 9.17) is 4.42 Å². The van der Waals surface area contributed by atoms with E-state index in [1.54, 1.807) is 0 Å². The molecule has 0 N–H and O–H groups in total. The standard InChI is InChI=1S/C49H35NO/c1-49(2)43-22-12-11-20-39(43)40-29-28-34(31-44(40)49)32-24-26-33(27-25-32)46-38-19-10-9-14-35(38)30-42-41-21-13-23-45(47(41)51-48(42)46)50(36-15-5-3-6-16-36)37-17-7-4-8-18-37/h3-31H,1-2H3. The molecule has 1 aromatic heterocycles. The fourth-order valence-corrected chi connectivity index (χ4v) is 8.34. The fraction of sp³-hybridized carbons (Fsp3) is 0.0612. The fourth-order valence-electron chi connectivity index (χ4n) is 8.34. The summed E-state index contributed by atoms with van der Waals surface area (Å²) >= 11 is 0. The molecule has 0 radical (unpaired) electrons. The number of hydrogen-bond acceptors (Lipinski definition) is 2. The molecular weight excluding hydrogens is 619 g/mol. The van der Waals surface area contributed by atoms with Crippen molar-refractivity contribution in [2.45, 2.75) is 19.3 Å². The van der Waals surface area contributed by atoms with Crippen LogP contribution in [-0.4, -0.2) is 0 Å². The second-order valence-electron chi connectivity index (χ2n) is 14.1. The zero-order chi connectivity index (χ0) is 34.1. The Bertz CT molecular complexity index is 2720. The largest absolute Gasteiger partial charge is 0.453 e. The molecule has 0 unspecified atom stereocenters. The van der Waals surface area contributed by atoms with Crippen LogP contribution < -0.4 is 4.90 Å². The highest BCUT2D eigenvalue weighted by Crippen LogP contribution is 2.50. The van der Waals surface area contributed by atoms with Crippen molar-refractivity contribution in [1.29, 1.82) is 0 Å². The summed E-state index contributed by atoms with van der Waals surface area (Å²) in [5, 5.41) is 4.59. The molecule has 10 rings (SSSR count). The Labute approximate surface area is 297 Å². The van der Waals surface area contributed by atoms with Crippen LogP contribution in [0.4, 0.5) is 17.1 Å². The molecule has 0 atom stereocenters. The number of anilines is 3. The molecule has 51 heavy (non-hydrogen) atoms. The summed E-state index contributed by atoms with van der Waals surface area (Å²) < 4.78 is 7.08. The van der Waals surface area contributed by atoms with Gasteiger partial charge in [0.25, 0.3) is 0 Å². The zero-order valence-corrected chi connectivity index (χ0v) is 28.6. The van der Waals surface area contributed by atoms with Gasteiger partial charge in [-0.05, 0) is 92.2 Å². The van der Waals surface area contributed by atoms with Crippen molar-refractivity contribution in [3.63, 3.8) is 0 Å². The molecule has 8 aromatic carbocycles. The van der Waals surface area contributed by atoms with Gasteiger partial charge in [0.1, 0.15) is 5.58 Å². The first-order valence-corrected chi connectivity index (χ1v) is 17.7. The first kappa shape index (κ1) is 29.5. The number of fused-ring (bicyclic) bond motifs is 7. The molecule has 0 aliphatic heterocycles. The average molecular weight is 654 g/mol. The minimum absolute atomic E-state index is 0.0345. The molecule has 0 saturated carbocycles. The molecule has 9 aromatic rings. The van der Waals surface area contributed by atoms with E-state index in [2.05, 4.69) is 195 Å². The topological polar surface area (TPSA) is 16.4 Å². The minimum atomic E-state index is -0.0345. The van der Waals surface area contributed by atoms with Crippen LogP contribution >= 0.6 is 0 Å². The number of benzene rings is 8. The summed E-state index contributed by atoms with van der Waals surface area (Å²) in [5.41, 5.74) is 15.1. The first-order chi connectivity index (χ1) is 25.1. The third-order valence-corrected chi connectivity index (χ3v) is 10.9. The van der Waals surface area contributed by atoms with Crippen molar-refractivity contribution in [3.8, 4) is 33.4 Å². The molecule has 0 spiro atoms. The van der Waals surface area contributed by atoms with Gasteiger partial charge < -0.3 is 9.32 Å². The maximum atomic E-state index is 7.08. The Morgan fingerprint density at radius 1 is 0.431 bits per heavy atom. The summed E-state index contributed by atoms with van der Waals surface area (Å²) in [4.78, 5) is 2.29. The van der Waals surface area contributed by atoms with Crippen molar-refractivity contribution in [2.24, 2.45) is 0 Å². The summed E-state index contributed by atoms with van der Waals surface area (Å²) in [6.45, 7) is 4.68. The number of para-hydroxylation sites is 3. The molecular formula is C49H35NO. The number of rotatable bonds is 5. The summed E-state index contributed by atoms with van der Waals surface area (Å²) in [6, 6.07) is 63.4. The SMILES string of the molecule is CC1(C)c2ccccc2-c2ccc(-c3ccc(-c4c5ccccc5cc5c4oc4c(N(c6ccccc6)c6ccccc6)cccc45)cc3)cc21. The predicted octanol–water partition coefficient (Wildman–Crippen LogP) is 13.8. The lowest BCUT2D eigenvalue weighted by Gasteiger charge is -2.25. The third kappa shape index (κ3) is 4.57. The Balaban J connectivity index is 1.14. The van der Waals surface area contributed by atoms with Crippen molar-refractivity contribution in [2.75, 3.05) is 4.90 Å². The van der Waals surface area contributed by atoms with Gasteiger partial charge in [-0.3, -0.25) is 0 Å². The third-order valence-electron chi connectivity index (χ3n) is 10.9. The minimum Gasteiger partial charge on any atom is -0.453 e. The van der Waals surface area contributed by atoms with Crippen molar-refractivity contribution >= 4 is 49.8 Å². The summed E-state index contributed by atoms with van der Waals surface area (Å²) in [5.74, 6) is 0. The summed E-state index contributed by atoms with van der Waals surface area (Å²) in [6.07, 6.45) is 0. The molecule has 0 bridgehead atoms. The van der Waals surface area contributed by atoms with Crippen LogP contribution in [0.1, 0.15) is 25.0 Å². The maximum absolute atomic E-state index is 7.08. The zero-order valence-electron chi connectivity index (χ0n) is 28.6. The Kier molecular flexibility index (Phi) is 6.56. The lowest BCUT2D eigenvalue weighted by atomic mass is 9.81. The Morgan fingerprint density at radius 3 is 1.80 bits per heavy atom. The molecule has 0 fully saturated rings. The van der Waals surface area contributed by atoms with Crippen LogP contribution in [0.5, 0.6) is 0 Å². The first-order valence-electron chi connectivity index (χ1n) is 17.7. The lowest BCUT2D eigenvalue weighted by Crippen LogP contribution is -2.14. The van der Waals surface area contributed by atoms with Gasteiger partial charge in [0.2, 0.25) is 0 Å². The van der Waals surface area contributed by atoms with Crippen LogP contribution in [-0.2, 0) is 5.41 Å². The molecule has 242 valence electrons. The van der Waals surface area contributed by atoms with Gasteiger partial charge >= 0.3 is 0 Å². The van der Waals surface area contributed by atoms with Crippen LogP contribution in [0, 0.1) is 0 Å². The van der Waals surface area contributed by atoms with Gasteiger partial charge in [-0.2, -0.15) is 0 Å². The van der Waals surface area contributed by atoms with Crippen LogP contribution in [0.2, 0.25) is 0 Å². The van der Waals surface area contributed by atoms with E-state index in [9.17, 15) is 0 Å². The van der Waals surface area contributed by atoms with Crippen molar-refractivity contribution in [3.05, 3.63) is 187 Å². The highest BCUT2D eigenvalue weighted by Gasteiger charge is 2.35. The normalized spacial score (nSPS) is 13.1. The number of furan rings is 1. The van der Waals surface area contributed by atoms with Crippen molar-refractivity contribution in [1.82, 2.24) is 0 Å². The van der Waals surface area contributed by atoms with Gasteiger partial charge in [-0.25, -0.2) is 0 Å². The van der Waals surface area contributed by atoms with Crippen LogP contribution in [0.25, 0.3) is 66.1 Å². The highest BCUT2D eigenvalue weighted by atomic mass is 16.3.